The number of hydrogen-bond acceptors (Lipinski definition) is 5. The molecule has 5 rings (SSSR count). The smallest absolute Gasteiger partial charge is 0.278 e. The first-order valence-corrected chi connectivity index (χ1v) is 10.9. The summed E-state index contributed by atoms with van der Waals surface area (Å²) >= 11 is 0. The molecule has 0 spiro atoms. The van der Waals surface area contributed by atoms with Crippen molar-refractivity contribution >= 4 is 11.7 Å². The van der Waals surface area contributed by atoms with Gasteiger partial charge in [0.25, 0.3) is 5.91 Å². The van der Waals surface area contributed by atoms with E-state index in [1.807, 2.05) is 28.6 Å². The first-order chi connectivity index (χ1) is 15.2. The van der Waals surface area contributed by atoms with Gasteiger partial charge in [0.15, 0.2) is 0 Å². The Balaban J connectivity index is 1.40. The summed E-state index contributed by atoms with van der Waals surface area (Å²) in [5.74, 6) is 1.50. The molecule has 0 unspecified atom stereocenters. The molecular weight excluding hydrogens is 390 g/mol. The van der Waals surface area contributed by atoms with Gasteiger partial charge < -0.3 is 9.30 Å². The number of carbonyl (C=O) groups excluding carboxylic acids is 1. The first-order valence-electron chi connectivity index (χ1n) is 10.9. The van der Waals surface area contributed by atoms with E-state index in [0.29, 0.717) is 17.5 Å². The van der Waals surface area contributed by atoms with Gasteiger partial charge in [-0.25, -0.2) is 15.0 Å². The predicted octanol–water partition coefficient (Wildman–Crippen LogP) is 3.70. The van der Waals surface area contributed by atoms with E-state index in [4.69, 9.17) is 4.74 Å². The highest BCUT2D eigenvalue weighted by Crippen LogP contribution is 2.41. The van der Waals surface area contributed by atoms with Crippen molar-refractivity contribution in [3.8, 4) is 0 Å². The fraction of sp³-hybridized carbons (Fsp3) is 0.417. The van der Waals surface area contributed by atoms with Gasteiger partial charge in [0.1, 0.15) is 17.8 Å². The number of amides is 1. The molecule has 3 heterocycles. The Kier molecular flexibility index (Phi) is 5.51. The molecule has 1 aliphatic carbocycles. The highest BCUT2D eigenvalue weighted by atomic mass is 16.5. The van der Waals surface area contributed by atoms with Crippen molar-refractivity contribution < 1.29 is 9.53 Å². The van der Waals surface area contributed by atoms with Crippen LogP contribution in [0.3, 0.4) is 0 Å². The molecule has 1 saturated carbocycles. The Bertz CT molecular complexity index is 1040. The molecule has 0 bridgehead atoms. The van der Waals surface area contributed by atoms with Crippen LogP contribution in [0.15, 0.2) is 55.2 Å². The molecule has 2 aromatic heterocycles. The zero-order valence-electron chi connectivity index (χ0n) is 17.7. The molecule has 1 aromatic carbocycles. The van der Waals surface area contributed by atoms with E-state index in [2.05, 4.69) is 39.2 Å². The average Bonchev–Trinajstić information content (AvgIpc) is 3.22. The van der Waals surface area contributed by atoms with E-state index < -0.39 is 0 Å². The second kappa shape index (κ2) is 8.59. The van der Waals surface area contributed by atoms with E-state index in [0.717, 1.165) is 50.4 Å². The molecule has 7 heteroatoms. The molecule has 0 N–H and O–H groups in total. The number of ether oxygens (including phenoxy) is 1. The Morgan fingerprint density at radius 1 is 1.10 bits per heavy atom. The minimum Gasteiger partial charge on any atom is -0.381 e. The van der Waals surface area contributed by atoms with Crippen molar-refractivity contribution in [3.05, 3.63) is 72.2 Å². The number of imidazole rings is 1. The van der Waals surface area contributed by atoms with Crippen LogP contribution in [0.5, 0.6) is 0 Å². The summed E-state index contributed by atoms with van der Waals surface area (Å²) in [6.45, 7) is 1.48. The van der Waals surface area contributed by atoms with E-state index in [1.54, 1.807) is 12.5 Å². The first kappa shape index (κ1) is 19.9. The summed E-state index contributed by atoms with van der Waals surface area (Å²) in [6.07, 6.45) is 8.73. The minimum absolute atomic E-state index is 0.0872. The third-order valence-electron chi connectivity index (χ3n) is 6.55. The number of carbonyl (C=O) groups is 1. The summed E-state index contributed by atoms with van der Waals surface area (Å²) < 4.78 is 7.37. The van der Waals surface area contributed by atoms with Crippen molar-refractivity contribution in [2.75, 3.05) is 18.1 Å². The lowest BCUT2D eigenvalue weighted by molar-refractivity contribution is 0.0844. The van der Waals surface area contributed by atoms with E-state index in [1.165, 1.54) is 11.9 Å². The van der Waals surface area contributed by atoms with Crippen LogP contribution in [0.4, 0.5) is 5.82 Å². The highest BCUT2D eigenvalue weighted by molar-refractivity contribution is 6.04. The van der Waals surface area contributed by atoms with Gasteiger partial charge in [0.2, 0.25) is 0 Å². The molecule has 2 aliphatic rings. The lowest BCUT2D eigenvalue weighted by atomic mass is 9.75. The van der Waals surface area contributed by atoms with E-state index in [-0.39, 0.29) is 11.9 Å². The van der Waals surface area contributed by atoms with Crippen LogP contribution in [0.25, 0.3) is 0 Å². The minimum atomic E-state index is -0.0872. The zero-order chi connectivity index (χ0) is 21.2. The standard InChI is InChI=1S/C24H27N5O2/c1-28-16-25-14-23(28)29(20-11-19(12-20)17-5-3-2-4-6-17)24(30)22-13-21(26-15-27-22)18-7-9-31-10-8-18/h2-6,13-16,18-20H,7-12H2,1H3. The lowest BCUT2D eigenvalue weighted by Gasteiger charge is -2.42. The van der Waals surface area contributed by atoms with Crippen LogP contribution in [-0.4, -0.2) is 44.7 Å². The molecule has 1 amide bonds. The Morgan fingerprint density at radius 3 is 2.58 bits per heavy atom. The van der Waals surface area contributed by atoms with Crippen LogP contribution in [0.2, 0.25) is 0 Å². The maximum absolute atomic E-state index is 13.7. The van der Waals surface area contributed by atoms with Gasteiger partial charge in [-0.05, 0) is 43.2 Å². The number of rotatable bonds is 5. The molecule has 1 saturated heterocycles. The van der Waals surface area contributed by atoms with Crippen LogP contribution in [0.1, 0.15) is 59.3 Å². The predicted molar refractivity (Wildman–Crippen MR) is 117 cm³/mol. The van der Waals surface area contributed by atoms with Crippen LogP contribution in [0, 0.1) is 0 Å². The number of anilines is 1. The van der Waals surface area contributed by atoms with Crippen LogP contribution in [-0.2, 0) is 11.8 Å². The van der Waals surface area contributed by atoms with Crippen molar-refractivity contribution in [3.63, 3.8) is 0 Å². The second-order valence-corrected chi connectivity index (χ2v) is 8.49. The average molecular weight is 418 g/mol. The SMILES string of the molecule is Cn1cncc1N(C(=O)c1cc(C2CCOCC2)ncn1)C1CC(c2ccccc2)C1. The molecule has 7 nitrogen and oxygen atoms in total. The molecule has 160 valence electrons. The number of nitrogens with zero attached hydrogens (tertiary/aromatic N) is 5. The molecule has 3 aromatic rings. The quantitative estimate of drug-likeness (QED) is 0.633. The topological polar surface area (TPSA) is 73.1 Å². The number of aromatic nitrogens is 4. The second-order valence-electron chi connectivity index (χ2n) is 8.49. The fourth-order valence-corrected chi connectivity index (χ4v) is 4.66. The van der Waals surface area contributed by atoms with Crippen molar-refractivity contribution in [1.29, 1.82) is 0 Å². The summed E-state index contributed by atoms with van der Waals surface area (Å²) in [4.78, 5) is 28.6. The Labute approximate surface area is 182 Å². The summed E-state index contributed by atoms with van der Waals surface area (Å²) in [5, 5.41) is 0. The third-order valence-corrected chi connectivity index (χ3v) is 6.55. The summed E-state index contributed by atoms with van der Waals surface area (Å²) in [6, 6.07) is 12.5. The maximum atomic E-state index is 13.7. The van der Waals surface area contributed by atoms with E-state index >= 15 is 0 Å². The number of aryl methyl sites for hydroxylation is 1. The van der Waals surface area contributed by atoms with Crippen molar-refractivity contribution in [1.82, 2.24) is 19.5 Å². The van der Waals surface area contributed by atoms with Gasteiger partial charge in [-0.1, -0.05) is 30.3 Å². The highest BCUT2D eigenvalue weighted by Gasteiger charge is 2.39. The molecular formula is C24H27N5O2. The molecule has 31 heavy (non-hydrogen) atoms. The Hall–Kier alpha value is -3.06. The Morgan fingerprint density at radius 2 is 1.87 bits per heavy atom. The summed E-state index contributed by atoms with van der Waals surface area (Å²) in [5.41, 5.74) is 2.71. The van der Waals surface area contributed by atoms with E-state index in [9.17, 15) is 4.79 Å². The van der Waals surface area contributed by atoms with Crippen molar-refractivity contribution in [2.24, 2.45) is 7.05 Å². The van der Waals surface area contributed by atoms with Gasteiger partial charge in [0.05, 0.1) is 12.5 Å². The van der Waals surface area contributed by atoms with Crippen molar-refractivity contribution in [2.45, 2.75) is 43.6 Å². The van der Waals surface area contributed by atoms with Gasteiger partial charge in [-0.3, -0.25) is 9.69 Å². The third kappa shape index (κ3) is 3.97. The van der Waals surface area contributed by atoms with Gasteiger partial charge in [-0.15, -0.1) is 0 Å². The van der Waals surface area contributed by atoms with Gasteiger partial charge >= 0.3 is 0 Å². The summed E-state index contributed by atoms with van der Waals surface area (Å²) in [7, 11) is 1.92. The van der Waals surface area contributed by atoms with Gasteiger partial charge in [-0.2, -0.15) is 0 Å². The molecule has 1 aliphatic heterocycles. The number of benzene rings is 1. The normalized spacial score (nSPS) is 21.5. The molecule has 2 fully saturated rings. The monoisotopic (exact) mass is 417 g/mol. The lowest BCUT2D eigenvalue weighted by Crippen LogP contribution is -2.48. The maximum Gasteiger partial charge on any atom is 0.278 e. The largest absolute Gasteiger partial charge is 0.381 e. The van der Waals surface area contributed by atoms with Crippen LogP contribution >= 0.6 is 0 Å². The van der Waals surface area contributed by atoms with Crippen LogP contribution < -0.4 is 4.90 Å². The zero-order valence-corrected chi connectivity index (χ0v) is 17.7. The number of hydrogen-bond donors (Lipinski definition) is 0. The van der Waals surface area contributed by atoms with Gasteiger partial charge in [0, 0.05) is 37.9 Å². The fourth-order valence-electron chi connectivity index (χ4n) is 4.66. The molecule has 0 radical (unpaired) electrons. The molecule has 0 atom stereocenters.